The summed E-state index contributed by atoms with van der Waals surface area (Å²) >= 11 is 0. The Bertz CT molecular complexity index is 403. The predicted molar refractivity (Wildman–Crippen MR) is 56.3 cm³/mol. The highest BCUT2D eigenvalue weighted by Gasteiger charge is 2.26. The van der Waals surface area contributed by atoms with Crippen LogP contribution in [0.1, 0.15) is 17.3 Å². The minimum absolute atomic E-state index is 0.211. The van der Waals surface area contributed by atoms with Gasteiger partial charge in [0.2, 0.25) is 5.88 Å². The van der Waals surface area contributed by atoms with Gasteiger partial charge >= 0.3 is 5.97 Å². The lowest BCUT2D eigenvalue weighted by molar-refractivity contribution is -0.143. The van der Waals surface area contributed by atoms with Crippen molar-refractivity contribution in [3.8, 4) is 5.88 Å². The van der Waals surface area contributed by atoms with E-state index in [4.69, 9.17) is 4.74 Å². The van der Waals surface area contributed by atoms with E-state index >= 15 is 0 Å². The second kappa shape index (κ2) is 5.25. The number of carbonyl (C=O) groups excluding carboxylic acids is 2. The third-order valence-corrected chi connectivity index (χ3v) is 2.18. The quantitative estimate of drug-likeness (QED) is 0.434. The lowest BCUT2D eigenvalue weighted by Gasteiger charge is -2.10. The Labute approximate surface area is 93.4 Å². The van der Waals surface area contributed by atoms with Gasteiger partial charge in [0.1, 0.15) is 5.92 Å². The fourth-order valence-corrected chi connectivity index (χ4v) is 1.26. The van der Waals surface area contributed by atoms with E-state index in [0.717, 1.165) is 0 Å². The van der Waals surface area contributed by atoms with E-state index in [1.54, 1.807) is 12.1 Å². The summed E-state index contributed by atoms with van der Waals surface area (Å²) in [5.41, 5.74) is 0.280. The summed E-state index contributed by atoms with van der Waals surface area (Å²) in [6.07, 6.45) is 1.51. The van der Waals surface area contributed by atoms with Crippen molar-refractivity contribution in [1.29, 1.82) is 0 Å². The maximum atomic E-state index is 11.9. The first-order chi connectivity index (χ1) is 7.61. The van der Waals surface area contributed by atoms with Crippen molar-refractivity contribution in [3.05, 3.63) is 23.9 Å². The number of aromatic nitrogens is 1. The summed E-state index contributed by atoms with van der Waals surface area (Å²) < 4.78 is 9.45. The Hall–Kier alpha value is -1.91. The number of pyridine rings is 1. The van der Waals surface area contributed by atoms with Crippen molar-refractivity contribution < 1.29 is 19.1 Å². The lowest BCUT2D eigenvalue weighted by atomic mass is 10.0. The monoisotopic (exact) mass is 223 g/mol. The second-order valence-corrected chi connectivity index (χ2v) is 3.17. The molecule has 1 unspecified atom stereocenters. The summed E-state index contributed by atoms with van der Waals surface area (Å²) in [6.45, 7) is 1.49. The third kappa shape index (κ3) is 2.36. The van der Waals surface area contributed by atoms with E-state index in [1.807, 2.05) is 0 Å². The topological polar surface area (TPSA) is 65.5 Å². The number of methoxy groups -OCH3 is 2. The number of hydrogen-bond acceptors (Lipinski definition) is 5. The van der Waals surface area contributed by atoms with Crippen LogP contribution in [0.2, 0.25) is 0 Å². The van der Waals surface area contributed by atoms with Crippen LogP contribution in [0, 0.1) is 5.92 Å². The summed E-state index contributed by atoms with van der Waals surface area (Å²) in [4.78, 5) is 27.0. The SMILES string of the molecule is COC(=O)C(C)C(=O)c1cccnc1OC. The zero-order chi connectivity index (χ0) is 12.1. The number of esters is 1. The molecule has 1 atom stereocenters. The van der Waals surface area contributed by atoms with Crippen LogP contribution in [0.5, 0.6) is 5.88 Å². The molecule has 0 aromatic carbocycles. The largest absolute Gasteiger partial charge is 0.480 e. The molecule has 0 amide bonds. The molecule has 5 nitrogen and oxygen atoms in total. The van der Waals surface area contributed by atoms with Gasteiger partial charge in [0.25, 0.3) is 0 Å². The maximum absolute atomic E-state index is 11.9. The van der Waals surface area contributed by atoms with Crippen molar-refractivity contribution in [1.82, 2.24) is 4.98 Å². The van der Waals surface area contributed by atoms with Crippen LogP contribution in [0.15, 0.2) is 18.3 Å². The van der Waals surface area contributed by atoms with Crippen molar-refractivity contribution in [2.24, 2.45) is 5.92 Å². The highest BCUT2D eigenvalue weighted by molar-refractivity contribution is 6.09. The molecule has 0 aliphatic carbocycles. The van der Waals surface area contributed by atoms with Gasteiger partial charge in [0, 0.05) is 6.20 Å². The molecule has 1 aromatic rings. The second-order valence-electron chi connectivity index (χ2n) is 3.17. The van der Waals surface area contributed by atoms with Crippen molar-refractivity contribution in [2.75, 3.05) is 14.2 Å². The van der Waals surface area contributed by atoms with Gasteiger partial charge in [-0.15, -0.1) is 0 Å². The van der Waals surface area contributed by atoms with E-state index in [1.165, 1.54) is 27.3 Å². The van der Waals surface area contributed by atoms with Crippen molar-refractivity contribution >= 4 is 11.8 Å². The van der Waals surface area contributed by atoms with Gasteiger partial charge in [-0.25, -0.2) is 4.98 Å². The molecule has 0 aliphatic heterocycles. The Morgan fingerprint density at radius 3 is 2.62 bits per heavy atom. The van der Waals surface area contributed by atoms with E-state index in [9.17, 15) is 9.59 Å². The van der Waals surface area contributed by atoms with Crippen LogP contribution in [-0.2, 0) is 9.53 Å². The molecule has 0 aliphatic rings. The first kappa shape index (κ1) is 12.2. The highest BCUT2D eigenvalue weighted by Crippen LogP contribution is 2.18. The molecule has 0 spiro atoms. The molecule has 1 rings (SSSR count). The standard InChI is InChI=1S/C11H13NO4/c1-7(11(14)16-3)9(13)8-5-4-6-12-10(8)15-2/h4-7H,1-3H3. The number of Topliss-reactive ketones (excluding diaryl/α,β-unsaturated/α-hetero) is 1. The molecule has 0 fully saturated rings. The number of nitrogens with zero attached hydrogens (tertiary/aromatic N) is 1. The molecule has 5 heteroatoms. The first-order valence-corrected chi connectivity index (χ1v) is 4.72. The number of carbonyl (C=O) groups is 2. The fourth-order valence-electron chi connectivity index (χ4n) is 1.26. The summed E-state index contributed by atoms with van der Waals surface area (Å²) in [7, 11) is 2.66. The third-order valence-electron chi connectivity index (χ3n) is 2.18. The van der Waals surface area contributed by atoms with Crippen LogP contribution < -0.4 is 4.74 Å². The van der Waals surface area contributed by atoms with E-state index in [-0.39, 0.29) is 17.2 Å². The van der Waals surface area contributed by atoms with E-state index in [0.29, 0.717) is 0 Å². The smallest absolute Gasteiger partial charge is 0.316 e. The molecular weight excluding hydrogens is 210 g/mol. The average molecular weight is 223 g/mol. The molecule has 0 bridgehead atoms. The van der Waals surface area contributed by atoms with E-state index in [2.05, 4.69) is 9.72 Å². The summed E-state index contributed by atoms with van der Waals surface area (Å²) in [6, 6.07) is 3.17. The number of hydrogen-bond donors (Lipinski definition) is 0. The van der Waals surface area contributed by atoms with Crippen molar-refractivity contribution in [2.45, 2.75) is 6.92 Å². The van der Waals surface area contributed by atoms with Gasteiger partial charge in [0.15, 0.2) is 5.78 Å². The fraction of sp³-hybridized carbons (Fsp3) is 0.364. The molecule has 0 N–H and O–H groups in total. The average Bonchev–Trinajstić information content (AvgIpc) is 2.35. The number of ether oxygens (including phenoxy) is 2. The van der Waals surface area contributed by atoms with Crippen LogP contribution in [0.25, 0.3) is 0 Å². The van der Waals surface area contributed by atoms with Gasteiger partial charge in [-0.3, -0.25) is 9.59 Å². The Kier molecular flexibility index (Phi) is 3.99. The molecule has 1 aromatic heterocycles. The first-order valence-electron chi connectivity index (χ1n) is 4.72. The van der Waals surface area contributed by atoms with Gasteiger partial charge in [-0.05, 0) is 19.1 Å². The molecule has 16 heavy (non-hydrogen) atoms. The van der Waals surface area contributed by atoms with Crippen LogP contribution >= 0.6 is 0 Å². The molecule has 86 valence electrons. The number of ketones is 1. The van der Waals surface area contributed by atoms with Crippen LogP contribution in [0.3, 0.4) is 0 Å². The zero-order valence-corrected chi connectivity index (χ0v) is 9.39. The Morgan fingerprint density at radius 2 is 2.06 bits per heavy atom. The maximum Gasteiger partial charge on any atom is 0.316 e. The summed E-state index contributed by atoms with van der Waals surface area (Å²) in [5, 5.41) is 0. The highest BCUT2D eigenvalue weighted by atomic mass is 16.5. The van der Waals surface area contributed by atoms with Gasteiger partial charge < -0.3 is 9.47 Å². The lowest BCUT2D eigenvalue weighted by Crippen LogP contribution is -2.23. The zero-order valence-electron chi connectivity index (χ0n) is 9.39. The van der Waals surface area contributed by atoms with Crippen molar-refractivity contribution in [3.63, 3.8) is 0 Å². The van der Waals surface area contributed by atoms with Gasteiger partial charge in [-0.1, -0.05) is 0 Å². The van der Waals surface area contributed by atoms with Gasteiger partial charge in [-0.2, -0.15) is 0 Å². The van der Waals surface area contributed by atoms with Crippen LogP contribution in [0.4, 0.5) is 0 Å². The Morgan fingerprint density at radius 1 is 1.38 bits per heavy atom. The normalized spacial score (nSPS) is 11.7. The molecular formula is C11H13NO4. The van der Waals surface area contributed by atoms with E-state index < -0.39 is 11.9 Å². The van der Waals surface area contributed by atoms with Crippen LogP contribution in [-0.4, -0.2) is 31.0 Å². The van der Waals surface area contributed by atoms with Gasteiger partial charge in [0.05, 0.1) is 19.8 Å². The minimum atomic E-state index is -0.858. The minimum Gasteiger partial charge on any atom is -0.480 e. The number of rotatable bonds is 4. The molecule has 1 heterocycles. The Balaban J connectivity index is 3.00. The molecule has 0 saturated heterocycles. The predicted octanol–water partition coefficient (Wildman–Crippen LogP) is 1.08. The molecule has 0 saturated carbocycles. The molecule has 0 radical (unpaired) electrons. The summed E-state index contributed by atoms with van der Waals surface area (Å²) in [5.74, 6) is -1.58.